The molecule has 2 bridgehead atoms. The molecule has 0 atom stereocenters. The fraction of sp³-hybridized carbons (Fsp3) is 0.737. The first kappa shape index (κ1) is 17.2. The monoisotopic (exact) mass is 372 g/mol. The van der Waals surface area contributed by atoms with Crippen molar-refractivity contribution in [3.8, 4) is 11.5 Å². The second-order valence-electron chi connectivity index (χ2n) is 8.79. The molecule has 0 saturated carbocycles. The molecule has 3 aliphatic heterocycles. The zero-order valence-corrected chi connectivity index (χ0v) is 16.6. The lowest BCUT2D eigenvalue weighted by Gasteiger charge is -2.32. The van der Waals surface area contributed by atoms with Crippen LogP contribution < -0.4 is 4.90 Å². The lowest BCUT2D eigenvalue weighted by atomic mass is 9.90. The second-order valence-corrected chi connectivity index (χ2v) is 8.79. The first-order chi connectivity index (χ1) is 12.9. The molecule has 0 aromatic carbocycles. The molecule has 2 aromatic heterocycles. The number of anilines is 1. The van der Waals surface area contributed by atoms with E-state index in [4.69, 9.17) is 9.47 Å². The lowest BCUT2D eigenvalue weighted by Crippen LogP contribution is -2.40. The van der Waals surface area contributed by atoms with Crippen LogP contribution in [0.5, 0.6) is 0 Å². The summed E-state index contributed by atoms with van der Waals surface area (Å²) in [6, 6.07) is 0.570. The number of H-pyrrole nitrogens is 1. The molecular weight excluding hydrogens is 344 g/mol. The van der Waals surface area contributed by atoms with Crippen LogP contribution in [0.15, 0.2) is 0 Å². The standard InChI is InChI=1S/C19H28N6O2/c1-18(2)15-13(11-27-18)14(20-21-15)16-22-23-17(24(16)9-10-26-4)25-12-5-7-19(25,3)8-6-12/h12H,5-11H2,1-4H3,(H,20,21). The van der Waals surface area contributed by atoms with Crippen LogP contribution in [-0.4, -0.2) is 50.3 Å². The van der Waals surface area contributed by atoms with Crippen molar-refractivity contribution in [3.05, 3.63) is 11.3 Å². The Balaban J connectivity index is 1.60. The Morgan fingerprint density at radius 3 is 2.67 bits per heavy atom. The largest absolute Gasteiger partial charge is 0.383 e. The van der Waals surface area contributed by atoms with Crippen LogP contribution in [0, 0.1) is 0 Å². The highest BCUT2D eigenvalue weighted by Crippen LogP contribution is 2.48. The van der Waals surface area contributed by atoms with Gasteiger partial charge in [-0.2, -0.15) is 5.10 Å². The summed E-state index contributed by atoms with van der Waals surface area (Å²) in [5.41, 5.74) is 2.82. The maximum atomic E-state index is 5.94. The number of aromatic nitrogens is 5. The molecule has 27 heavy (non-hydrogen) atoms. The number of aromatic amines is 1. The number of ether oxygens (including phenoxy) is 2. The Hall–Kier alpha value is -1.93. The van der Waals surface area contributed by atoms with Gasteiger partial charge in [0.15, 0.2) is 5.82 Å². The molecule has 0 unspecified atom stereocenters. The van der Waals surface area contributed by atoms with E-state index in [0.29, 0.717) is 25.8 Å². The SMILES string of the molecule is COCCn1c(-c2n[nH]c3c2COC3(C)C)nnc1N1C2CCC1(C)CC2. The van der Waals surface area contributed by atoms with Gasteiger partial charge < -0.3 is 14.4 Å². The van der Waals surface area contributed by atoms with Gasteiger partial charge in [0, 0.05) is 24.3 Å². The summed E-state index contributed by atoms with van der Waals surface area (Å²) < 4.78 is 13.5. The van der Waals surface area contributed by atoms with Gasteiger partial charge >= 0.3 is 0 Å². The van der Waals surface area contributed by atoms with Crippen molar-refractivity contribution < 1.29 is 9.47 Å². The molecular formula is C19H28N6O2. The summed E-state index contributed by atoms with van der Waals surface area (Å²) in [4.78, 5) is 2.51. The summed E-state index contributed by atoms with van der Waals surface area (Å²) in [7, 11) is 1.73. The molecule has 0 spiro atoms. The molecule has 146 valence electrons. The molecule has 2 fully saturated rings. The zero-order valence-electron chi connectivity index (χ0n) is 16.6. The number of hydrogen-bond donors (Lipinski definition) is 1. The van der Waals surface area contributed by atoms with Crippen molar-refractivity contribution in [2.24, 2.45) is 0 Å². The Kier molecular flexibility index (Phi) is 3.68. The average molecular weight is 372 g/mol. The van der Waals surface area contributed by atoms with Crippen LogP contribution in [0.25, 0.3) is 11.5 Å². The van der Waals surface area contributed by atoms with Crippen molar-refractivity contribution >= 4 is 5.95 Å². The molecule has 5 rings (SSSR count). The Morgan fingerprint density at radius 2 is 2.00 bits per heavy atom. The maximum Gasteiger partial charge on any atom is 0.228 e. The second kappa shape index (κ2) is 5.78. The number of nitrogens with one attached hydrogen (secondary N) is 1. The number of methoxy groups -OCH3 is 1. The third-order valence-electron chi connectivity index (χ3n) is 6.70. The molecule has 0 aliphatic carbocycles. The van der Waals surface area contributed by atoms with Crippen LogP contribution in [0.1, 0.15) is 57.7 Å². The Bertz CT molecular complexity index is 862. The van der Waals surface area contributed by atoms with E-state index < -0.39 is 0 Å². The third kappa shape index (κ3) is 2.39. The van der Waals surface area contributed by atoms with Gasteiger partial charge in [0.2, 0.25) is 5.95 Å². The highest BCUT2D eigenvalue weighted by Gasteiger charge is 2.50. The highest BCUT2D eigenvalue weighted by molar-refractivity contribution is 5.61. The molecule has 1 N–H and O–H groups in total. The highest BCUT2D eigenvalue weighted by atomic mass is 16.5. The molecule has 2 aromatic rings. The van der Waals surface area contributed by atoms with E-state index in [1.807, 2.05) is 0 Å². The predicted molar refractivity (Wildman–Crippen MR) is 100 cm³/mol. The summed E-state index contributed by atoms with van der Waals surface area (Å²) in [6.45, 7) is 8.35. The van der Waals surface area contributed by atoms with Crippen LogP contribution in [0.3, 0.4) is 0 Å². The lowest BCUT2D eigenvalue weighted by molar-refractivity contribution is -0.0111. The van der Waals surface area contributed by atoms with Crippen molar-refractivity contribution in [1.82, 2.24) is 25.0 Å². The minimum absolute atomic E-state index is 0.193. The van der Waals surface area contributed by atoms with Crippen molar-refractivity contribution in [2.45, 2.75) is 76.8 Å². The molecule has 0 amide bonds. The molecule has 8 nitrogen and oxygen atoms in total. The smallest absolute Gasteiger partial charge is 0.228 e. The van der Waals surface area contributed by atoms with Crippen LogP contribution in [0.4, 0.5) is 5.95 Å². The normalized spacial score (nSPS) is 28.3. The first-order valence-corrected chi connectivity index (χ1v) is 9.88. The molecule has 3 aliphatic rings. The fourth-order valence-corrected chi connectivity index (χ4v) is 5.12. The van der Waals surface area contributed by atoms with Gasteiger partial charge in [-0.3, -0.25) is 9.67 Å². The molecule has 2 saturated heterocycles. The van der Waals surface area contributed by atoms with Gasteiger partial charge in [0.05, 0.1) is 25.5 Å². The number of hydrogen-bond acceptors (Lipinski definition) is 6. The van der Waals surface area contributed by atoms with E-state index >= 15 is 0 Å². The minimum atomic E-state index is -0.345. The van der Waals surface area contributed by atoms with Gasteiger partial charge in [-0.25, -0.2) is 0 Å². The molecule has 0 radical (unpaired) electrons. The van der Waals surface area contributed by atoms with E-state index in [1.54, 1.807) is 7.11 Å². The van der Waals surface area contributed by atoms with Crippen molar-refractivity contribution in [3.63, 3.8) is 0 Å². The number of rotatable bonds is 5. The van der Waals surface area contributed by atoms with Crippen LogP contribution in [-0.2, 0) is 28.2 Å². The maximum absolute atomic E-state index is 5.94. The Labute approximate surface area is 159 Å². The quantitative estimate of drug-likeness (QED) is 0.869. The van der Waals surface area contributed by atoms with Gasteiger partial charge in [-0.15, -0.1) is 10.2 Å². The number of nitrogens with zero attached hydrogens (tertiary/aromatic N) is 5. The van der Waals surface area contributed by atoms with Crippen LogP contribution >= 0.6 is 0 Å². The summed E-state index contributed by atoms with van der Waals surface area (Å²) in [5.74, 6) is 1.76. The van der Waals surface area contributed by atoms with Gasteiger partial charge in [0.25, 0.3) is 0 Å². The van der Waals surface area contributed by atoms with E-state index in [1.165, 1.54) is 25.7 Å². The summed E-state index contributed by atoms with van der Waals surface area (Å²) in [6.07, 6.45) is 4.93. The van der Waals surface area contributed by atoms with Crippen molar-refractivity contribution in [1.29, 1.82) is 0 Å². The summed E-state index contributed by atoms with van der Waals surface area (Å²) in [5, 5.41) is 17.0. The van der Waals surface area contributed by atoms with Gasteiger partial charge in [0.1, 0.15) is 11.3 Å². The van der Waals surface area contributed by atoms with E-state index in [-0.39, 0.29) is 11.1 Å². The molecule has 5 heterocycles. The van der Waals surface area contributed by atoms with Crippen molar-refractivity contribution in [2.75, 3.05) is 18.6 Å². The van der Waals surface area contributed by atoms with Gasteiger partial charge in [-0.05, 0) is 46.5 Å². The van der Waals surface area contributed by atoms with Crippen LogP contribution in [0.2, 0.25) is 0 Å². The van der Waals surface area contributed by atoms with E-state index in [2.05, 4.69) is 50.6 Å². The zero-order chi connectivity index (χ0) is 18.8. The fourth-order valence-electron chi connectivity index (χ4n) is 5.12. The minimum Gasteiger partial charge on any atom is -0.383 e. The first-order valence-electron chi connectivity index (χ1n) is 9.88. The van der Waals surface area contributed by atoms with E-state index in [9.17, 15) is 0 Å². The topological polar surface area (TPSA) is 81.1 Å². The van der Waals surface area contributed by atoms with Gasteiger partial charge in [-0.1, -0.05) is 0 Å². The Morgan fingerprint density at radius 1 is 1.22 bits per heavy atom. The number of fused-ring (bicyclic) bond motifs is 3. The van der Waals surface area contributed by atoms with E-state index in [0.717, 1.165) is 28.7 Å². The molecule has 8 heteroatoms. The third-order valence-corrected chi connectivity index (χ3v) is 6.70. The summed E-state index contributed by atoms with van der Waals surface area (Å²) >= 11 is 0. The average Bonchev–Trinajstić information content (AvgIpc) is 3.40. The predicted octanol–water partition coefficient (Wildman–Crippen LogP) is 2.60.